The Bertz CT molecular complexity index is 1080. The third kappa shape index (κ3) is 3.14. The zero-order valence-corrected chi connectivity index (χ0v) is 15.9. The second kappa shape index (κ2) is 6.84. The van der Waals surface area contributed by atoms with Crippen LogP contribution in [0.4, 0.5) is 0 Å². The number of aromatic nitrogens is 6. The number of H-pyrrole nitrogens is 1. The van der Waals surface area contributed by atoms with Crippen LogP contribution in [0.2, 0.25) is 0 Å². The number of thioether (sulfide) groups is 1. The lowest BCUT2D eigenvalue weighted by atomic mass is 10.1. The highest BCUT2D eigenvalue weighted by atomic mass is 32.2. The average molecular weight is 380 g/mol. The summed E-state index contributed by atoms with van der Waals surface area (Å²) < 4.78 is 7.61. The Kier molecular flexibility index (Phi) is 4.20. The molecular weight excluding hydrogens is 360 g/mol. The highest BCUT2D eigenvalue weighted by Crippen LogP contribution is 2.42. The molecule has 0 amide bonds. The van der Waals surface area contributed by atoms with E-state index < -0.39 is 0 Å². The summed E-state index contributed by atoms with van der Waals surface area (Å²) in [7, 11) is 0. The van der Waals surface area contributed by atoms with Crippen LogP contribution in [0.5, 0.6) is 0 Å². The summed E-state index contributed by atoms with van der Waals surface area (Å²) in [6.07, 6.45) is 6.22. The molecule has 0 atom stereocenters. The first-order valence-corrected chi connectivity index (χ1v) is 10.3. The molecule has 0 bridgehead atoms. The lowest BCUT2D eigenvalue weighted by Gasteiger charge is -2.07. The zero-order valence-electron chi connectivity index (χ0n) is 15.1. The molecule has 0 spiro atoms. The van der Waals surface area contributed by atoms with Crippen LogP contribution in [0.15, 0.2) is 40.1 Å². The molecule has 7 nitrogen and oxygen atoms in total. The first-order chi connectivity index (χ1) is 13.3. The summed E-state index contributed by atoms with van der Waals surface area (Å²) in [6.45, 7) is 2.11. The molecule has 0 unspecified atom stereocenters. The fraction of sp³-hybridized carbons (Fsp3) is 0.368. The topological polar surface area (TPSA) is 85.4 Å². The molecule has 4 aromatic rings. The maximum atomic E-state index is 5.35. The molecule has 8 heteroatoms. The number of hydrogen-bond acceptors (Lipinski definition) is 6. The van der Waals surface area contributed by atoms with Crippen LogP contribution in [0.3, 0.4) is 0 Å². The van der Waals surface area contributed by atoms with Gasteiger partial charge < -0.3 is 9.51 Å². The van der Waals surface area contributed by atoms with Gasteiger partial charge in [0.05, 0.1) is 5.75 Å². The van der Waals surface area contributed by atoms with Gasteiger partial charge in [0.1, 0.15) is 0 Å². The van der Waals surface area contributed by atoms with Gasteiger partial charge in [-0.05, 0) is 25.3 Å². The molecule has 1 saturated carbocycles. The molecule has 0 aliphatic heterocycles. The number of rotatable bonds is 7. The van der Waals surface area contributed by atoms with Crippen LogP contribution in [0, 0.1) is 0 Å². The zero-order chi connectivity index (χ0) is 18.2. The molecule has 1 fully saturated rings. The van der Waals surface area contributed by atoms with Crippen molar-refractivity contribution in [2.24, 2.45) is 0 Å². The number of hydrogen-bond donors (Lipinski definition) is 1. The van der Waals surface area contributed by atoms with Crippen molar-refractivity contribution in [1.82, 2.24) is 29.9 Å². The molecular formula is C19H20N6OS. The fourth-order valence-electron chi connectivity index (χ4n) is 3.28. The van der Waals surface area contributed by atoms with Crippen molar-refractivity contribution in [2.45, 2.75) is 49.6 Å². The largest absolute Gasteiger partial charge is 0.360 e. The Labute approximate surface area is 160 Å². The van der Waals surface area contributed by atoms with E-state index in [1.807, 2.05) is 12.3 Å². The van der Waals surface area contributed by atoms with Crippen molar-refractivity contribution in [1.29, 1.82) is 0 Å². The van der Waals surface area contributed by atoms with E-state index in [2.05, 4.69) is 55.0 Å². The van der Waals surface area contributed by atoms with E-state index in [-0.39, 0.29) is 0 Å². The molecule has 1 aliphatic carbocycles. The second-order valence-corrected chi connectivity index (χ2v) is 7.74. The minimum atomic E-state index is 0.476. The lowest BCUT2D eigenvalue weighted by Crippen LogP contribution is -1.99. The van der Waals surface area contributed by atoms with E-state index in [0.29, 0.717) is 17.7 Å². The molecule has 138 valence electrons. The third-order valence-electron chi connectivity index (χ3n) is 4.72. The smallest absolute Gasteiger partial charge is 0.237 e. The van der Waals surface area contributed by atoms with Gasteiger partial charge in [-0.1, -0.05) is 42.0 Å². The van der Waals surface area contributed by atoms with Gasteiger partial charge >= 0.3 is 0 Å². The predicted octanol–water partition coefficient (Wildman–Crippen LogP) is 4.39. The number of aryl methyl sites for hydroxylation is 1. The number of fused-ring (bicyclic) bond motifs is 1. The second-order valence-electron chi connectivity index (χ2n) is 6.80. The molecule has 27 heavy (non-hydrogen) atoms. The van der Waals surface area contributed by atoms with Crippen molar-refractivity contribution >= 4 is 22.7 Å². The highest BCUT2D eigenvalue weighted by molar-refractivity contribution is 7.98. The maximum Gasteiger partial charge on any atom is 0.237 e. The molecule has 1 N–H and O–H groups in total. The van der Waals surface area contributed by atoms with E-state index >= 15 is 0 Å². The van der Waals surface area contributed by atoms with E-state index in [1.54, 1.807) is 11.8 Å². The summed E-state index contributed by atoms with van der Waals surface area (Å²) >= 11 is 1.61. The molecule has 1 aliphatic rings. The van der Waals surface area contributed by atoms with Gasteiger partial charge in [-0.15, -0.1) is 10.2 Å². The normalized spacial score (nSPS) is 14.3. The summed E-state index contributed by atoms with van der Waals surface area (Å²) in [5, 5.41) is 15.1. The predicted molar refractivity (Wildman–Crippen MR) is 103 cm³/mol. The summed E-state index contributed by atoms with van der Waals surface area (Å²) in [5.74, 6) is 2.95. The number of benzene rings is 1. The van der Waals surface area contributed by atoms with Crippen LogP contribution in [0.25, 0.3) is 22.3 Å². The molecule has 5 rings (SSSR count). The first-order valence-electron chi connectivity index (χ1n) is 9.29. The van der Waals surface area contributed by atoms with Gasteiger partial charge in [0.15, 0.2) is 16.8 Å². The number of nitrogens with one attached hydrogen (secondary N) is 1. The van der Waals surface area contributed by atoms with E-state index in [1.165, 1.54) is 18.2 Å². The Balaban J connectivity index is 1.44. The third-order valence-corrected chi connectivity index (χ3v) is 5.64. The molecule has 3 aromatic heterocycles. The van der Waals surface area contributed by atoms with Gasteiger partial charge in [0, 0.05) is 35.1 Å². The number of nitrogens with zero attached hydrogens (tertiary/aromatic N) is 5. The molecule has 0 radical (unpaired) electrons. The summed E-state index contributed by atoms with van der Waals surface area (Å²) in [6, 6.07) is 8.76. The Hall–Kier alpha value is -2.61. The summed E-state index contributed by atoms with van der Waals surface area (Å²) in [5.41, 5.74) is 2.21. The molecule has 0 saturated heterocycles. The van der Waals surface area contributed by atoms with Gasteiger partial charge in [-0.2, -0.15) is 4.98 Å². The lowest BCUT2D eigenvalue weighted by molar-refractivity contribution is 0.384. The van der Waals surface area contributed by atoms with Crippen molar-refractivity contribution in [3.63, 3.8) is 0 Å². The van der Waals surface area contributed by atoms with Crippen LogP contribution < -0.4 is 0 Å². The summed E-state index contributed by atoms with van der Waals surface area (Å²) in [4.78, 5) is 7.78. The highest BCUT2D eigenvalue weighted by Gasteiger charge is 2.31. The van der Waals surface area contributed by atoms with Crippen molar-refractivity contribution in [3.8, 4) is 11.4 Å². The molecule has 3 heterocycles. The Morgan fingerprint density at radius 2 is 2.15 bits per heavy atom. The quantitative estimate of drug-likeness (QED) is 0.479. The van der Waals surface area contributed by atoms with Crippen molar-refractivity contribution in [3.05, 3.63) is 42.2 Å². The Morgan fingerprint density at radius 1 is 1.26 bits per heavy atom. The van der Waals surface area contributed by atoms with Gasteiger partial charge in [-0.25, -0.2) is 0 Å². The van der Waals surface area contributed by atoms with Crippen LogP contribution in [0.1, 0.15) is 43.9 Å². The van der Waals surface area contributed by atoms with Crippen molar-refractivity contribution < 1.29 is 4.52 Å². The average Bonchev–Trinajstić information content (AvgIpc) is 3.10. The molecule has 1 aromatic carbocycles. The fourth-order valence-corrected chi connectivity index (χ4v) is 4.12. The van der Waals surface area contributed by atoms with Crippen LogP contribution in [-0.4, -0.2) is 29.9 Å². The minimum Gasteiger partial charge on any atom is -0.360 e. The van der Waals surface area contributed by atoms with E-state index in [4.69, 9.17) is 4.52 Å². The van der Waals surface area contributed by atoms with Gasteiger partial charge in [0.2, 0.25) is 5.89 Å². The van der Waals surface area contributed by atoms with E-state index in [0.717, 1.165) is 40.7 Å². The number of para-hydroxylation sites is 1. The van der Waals surface area contributed by atoms with Crippen molar-refractivity contribution in [2.75, 3.05) is 0 Å². The van der Waals surface area contributed by atoms with Gasteiger partial charge in [-0.3, -0.25) is 4.57 Å². The Morgan fingerprint density at radius 3 is 3.00 bits per heavy atom. The van der Waals surface area contributed by atoms with Crippen LogP contribution >= 0.6 is 11.8 Å². The minimum absolute atomic E-state index is 0.476. The van der Waals surface area contributed by atoms with Crippen LogP contribution in [-0.2, 0) is 12.2 Å². The standard InChI is InChI=1S/C19H20N6OS/c1-2-5-16-21-17(26-24-16)11-27-19-23-22-18(25(19)12-8-9-12)14-10-20-15-7-4-3-6-13(14)15/h3-4,6-7,10,12,20H,2,5,8-9,11H2,1H3. The van der Waals surface area contributed by atoms with Gasteiger partial charge in [0.25, 0.3) is 0 Å². The maximum absolute atomic E-state index is 5.35. The number of aromatic amines is 1. The first kappa shape index (κ1) is 16.6. The monoisotopic (exact) mass is 380 g/mol. The SMILES string of the molecule is CCCc1noc(CSc2nnc(-c3c[nH]c4ccccc34)n2C2CC2)n1. The van der Waals surface area contributed by atoms with E-state index in [9.17, 15) is 0 Å².